The lowest BCUT2D eigenvalue weighted by Gasteiger charge is -2.36. The van der Waals surface area contributed by atoms with E-state index < -0.39 is 0 Å². The van der Waals surface area contributed by atoms with E-state index in [4.69, 9.17) is 23.2 Å². The van der Waals surface area contributed by atoms with Crippen LogP contribution in [-0.4, -0.2) is 50.7 Å². The maximum atomic E-state index is 11.1. The monoisotopic (exact) mass is 316 g/mol. The first-order valence-corrected chi connectivity index (χ1v) is 7.35. The fraction of sp³-hybridized carbons (Fsp3) is 0.500. The third-order valence-corrected chi connectivity index (χ3v) is 4.02. The van der Waals surface area contributed by atoms with Crippen molar-refractivity contribution in [1.29, 1.82) is 0 Å². The summed E-state index contributed by atoms with van der Waals surface area (Å²) in [5.41, 5.74) is 1.02. The zero-order valence-electron chi connectivity index (χ0n) is 11.4. The topological polar surface area (TPSA) is 32.8 Å². The van der Waals surface area contributed by atoms with Crippen LogP contribution in [0.3, 0.4) is 0 Å². The molecule has 0 aliphatic carbocycles. The number of carbonyl (C=O) groups is 1. The molecule has 0 radical (unpaired) electrons. The summed E-state index contributed by atoms with van der Waals surface area (Å²) in [6, 6.07) is 5.57. The van der Waals surface area contributed by atoms with Crippen molar-refractivity contribution in [3.05, 3.63) is 28.2 Å². The van der Waals surface area contributed by atoms with E-state index in [0.29, 0.717) is 16.5 Å². The number of hydrogen-bond donors (Lipinski definition) is 0. The van der Waals surface area contributed by atoms with E-state index in [9.17, 15) is 4.79 Å². The summed E-state index contributed by atoms with van der Waals surface area (Å²) in [6.07, 6.45) is 0.443. The predicted molar refractivity (Wildman–Crippen MR) is 81.7 cm³/mol. The Bertz CT molecular complexity index is 474. The lowest BCUT2D eigenvalue weighted by molar-refractivity contribution is -0.141. The summed E-state index contributed by atoms with van der Waals surface area (Å²) >= 11 is 12.1. The molecule has 1 aromatic rings. The van der Waals surface area contributed by atoms with Crippen LogP contribution in [0.25, 0.3) is 0 Å². The van der Waals surface area contributed by atoms with Crippen LogP contribution in [0.5, 0.6) is 0 Å². The second-order valence-electron chi connectivity index (χ2n) is 4.75. The molecule has 1 aliphatic heterocycles. The van der Waals surface area contributed by atoms with Gasteiger partial charge in [0.05, 0.1) is 24.2 Å². The first kappa shape index (κ1) is 15.4. The van der Waals surface area contributed by atoms with E-state index in [2.05, 4.69) is 14.5 Å². The number of benzene rings is 1. The highest BCUT2D eigenvalue weighted by atomic mass is 35.5. The SMILES string of the molecule is COC(=O)CCN1CCN(c2ccc(Cl)cc2Cl)CC1. The molecule has 1 aliphatic rings. The van der Waals surface area contributed by atoms with Crippen LogP contribution in [0.4, 0.5) is 5.69 Å². The molecule has 0 atom stereocenters. The standard InChI is InChI=1S/C14H18Cl2N2O2/c1-20-14(19)4-5-17-6-8-18(9-7-17)13-3-2-11(15)10-12(13)16/h2-3,10H,4-9H2,1H3. The van der Waals surface area contributed by atoms with Crippen LogP contribution in [-0.2, 0) is 9.53 Å². The summed E-state index contributed by atoms with van der Waals surface area (Å²) in [7, 11) is 1.42. The van der Waals surface area contributed by atoms with Gasteiger partial charge in [0.2, 0.25) is 0 Å². The number of nitrogens with zero attached hydrogens (tertiary/aromatic N) is 2. The second kappa shape index (κ2) is 7.16. The summed E-state index contributed by atoms with van der Waals surface area (Å²) < 4.78 is 4.65. The Morgan fingerprint density at radius 3 is 2.55 bits per heavy atom. The molecule has 20 heavy (non-hydrogen) atoms. The molecule has 110 valence electrons. The zero-order chi connectivity index (χ0) is 14.5. The van der Waals surface area contributed by atoms with Gasteiger partial charge in [-0.2, -0.15) is 0 Å². The lowest BCUT2D eigenvalue weighted by atomic mass is 10.2. The van der Waals surface area contributed by atoms with Gasteiger partial charge in [-0.15, -0.1) is 0 Å². The molecule has 2 rings (SSSR count). The second-order valence-corrected chi connectivity index (χ2v) is 5.59. The number of ether oxygens (including phenoxy) is 1. The predicted octanol–water partition coefficient (Wildman–Crippen LogP) is 2.68. The van der Waals surface area contributed by atoms with Gasteiger partial charge in [-0.1, -0.05) is 23.2 Å². The van der Waals surface area contributed by atoms with E-state index in [1.54, 1.807) is 6.07 Å². The van der Waals surface area contributed by atoms with Crippen molar-refractivity contribution >= 4 is 34.9 Å². The minimum Gasteiger partial charge on any atom is -0.469 e. The lowest BCUT2D eigenvalue weighted by Crippen LogP contribution is -2.47. The molecule has 0 spiro atoms. The van der Waals surface area contributed by atoms with Crippen molar-refractivity contribution in [3.63, 3.8) is 0 Å². The Balaban J connectivity index is 1.86. The molecule has 0 unspecified atom stereocenters. The average molecular weight is 317 g/mol. The quantitative estimate of drug-likeness (QED) is 0.800. The van der Waals surface area contributed by atoms with Crippen LogP contribution in [0.15, 0.2) is 18.2 Å². The first-order valence-electron chi connectivity index (χ1n) is 6.59. The van der Waals surface area contributed by atoms with Crippen LogP contribution in [0.2, 0.25) is 10.0 Å². The Labute approximate surface area is 129 Å². The van der Waals surface area contributed by atoms with Crippen molar-refractivity contribution in [1.82, 2.24) is 4.90 Å². The molecule has 0 amide bonds. The minimum atomic E-state index is -0.159. The molecule has 0 saturated carbocycles. The zero-order valence-corrected chi connectivity index (χ0v) is 13.0. The van der Waals surface area contributed by atoms with E-state index >= 15 is 0 Å². The van der Waals surface area contributed by atoms with Gasteiger partial charge in [-0.05, 0) is 18.2 Å². The number of methoxy groups -OCH3 is 1. The molecule has 0 aromatic heterocycles. The molecule has 1 heterocycles. The van der Waals surface area contributed by atoms with Gasteiger partial charge < -0.3 is 9.64 Å². The summed E-state index contributed by atoms with van der Waals surface area (Å²) in [4.78, 5) is 15.6. The average Bonchev–Trinajstić information content (AvgIpc) is 2.45. The van der Waals surface area contributed by atoms with Crippen LogP contribution >= 0.6 is 23.2 Å². The van der Waals surface area contributed by atoms with Gasteiger partial charge >= 0.3 is 5.97 Å². The highest BCUT2D eigenvalue weighted by Gasteiger charge is 2.19. The van der Waals surface area contributed by atoms with Gasteiger partial charge in [0.1, 0.15) is 0 Å². The molecule has 6 heteroatoms. The molecular formula is C14H18Cl2N2O2. The number of piperazine rings is 1. The molecule has 1 fully saturated rings. The number of hydrogen-bond acceptors (Lipinski definition) is 4. The molecule has 0 N–H and O–H groups in total. The van der Waals surface area contributed by atoms with Crippen molar-refractivity contribution in [2.45, 2.75) is 6.42 Å². The number of carbonyl (C=O) groups excluding carboxylic acids is 1. The van der Waals surface area contributed by atoms with E-state index in [1.165, 1.54) is 7.11 Å². The van der Waals surface area contributed by atoms with Crippen molar-refractivity contribution < 1.29 is 9.53 Å². The first-order chi connectivity index (χ1) is 9.60. The number of esters is 1. The van der Waals surface area contributed by atoms with Gasteiger partial charge in [-0.3, -0.25) is 9.69 Å². The Morgan fingerprint density at radius 1 is 1.25 bits per heavy atom. The maximum Gasteiger partial charge on any atom is 0.306 e. The number of halogens is 2. The summed E-state index contributed by atoms with van der Waals surface area (Å²) in [5, 5.41) is 1.33. The van der Waals surface area contributed by atoms with Crippen molar-refractivity contribution in [3.8, 4) is 0 Å². The van der Waals surface area contributed by atoms with Crippen LogP contribution in [0, 0.1) is 0 Å². The fourth-order valence-corrected chi connectivity index (χ4v) is 2.83. The smallest absolute Gasteiger partial charge is 0.306 e. The van der Waals surface area contributed by atoms with Crippen molar-refractivity contribution in [2.24, 2.45) is 0 Å². The van der Waals surface area contributed by atoms with E-state index in [1.807, 2.05) is 12.1 Å². The number of anilines is 1. The largest absolute Gasteiger partial charge is 0.469 e. The Morgan fingerprint density at radius 2 is 1.95 bits per heavy atom. The van der Waals surface area contributed by atoms with Gasteiger partial charge in [0.25, 0.3) is 0 Å². The van der Waals surface area contributed by atoms with E-state index in [-0.39, 0.29) is 5.97 Å². The molecular weight excluding hydrogens is 299 g/mol. The Hall–Kier alpha value is -0.970. The summed E-state index contributed by atoms with van der Waals surface area (Å²) in [6.45, 7) is 4.35. The van der Waals surface area contributed by atoms with Gasteiger partial charge in [-0.25, -0.2) is 0 Å². The van der Waals surface area contributed by atoms with Crippen LogP contribution < -0.4 is 4.90 Å². The van der Waals surface area contributed by atoms with Gasteiger partial charge in [0.15, 0.2) is 0 Å². The number of rotatable bonds is 4. The third-order valence-electron chi connectivity index (χ3n) is 3.48. The third kappa shape index (κ3) is 4.01. The minimum absolute atomic E-state index is 0.159. The van der Waals surface area contributed by atoms with Crippen molar-refractivity contribution in [2.75, 3.05) is 44.7 Å². The molecule has 0 bridgehead atoms. The fourth-order valence-electron chi connectivity index (χ4n) is 2.30. The van der Waals surface area contributed by atoms with E-state index in [0.717, 1.165) is 38.4 Å². The molecule has 1 saturated heterocycles. The molecule has 1 aromatic carbocycles. The maximum absolute atomic E-state index is 11.1. The summed E-state index contributed by atoms with van der Waals surface area (Å²) in [5.74, 6) is -0.159. The highest BCUT2D eigenvalue weighted by molar-refractivity contribution is 6.36. The van der Waals surface area contributed by atoms with Crippen LogP contribution in [0.1, 0.15) is 6.42 Å². The van der Waals surface area contributed by atoms with Gasteiger partial charge in [0, 0.05) is 37.7 Å². The Kier molecular flexibility index (Phi) is 5.52. The highest BCUT2D eigenvalue weighted by Crippen LogP contribution is 2.29. The molecule has 4 nitrogen and oxygen atoms in total. The normalized spacial score (nSPS) is 16.2.